The van der Waals surface area contributed by atoms with E-state index in [4.69, 9.17) is 16.3 Å². The summed E-state index contributed by atoms with van der Waals surface area (Å²) in [5.74, 6) is 0.0529. The number of aryl methyl sites for hydroxylation is 2. The first-order valence-corrected chi connectivity index (χ1v) is 10.7. The number of benzene rings is 1. The third-order valence-electron chi connectivity index (χ3n) is 5.41. The third kappa shape index (κ3) is 5.63. The molecule has 2 heterocycles. The van der Waals surface area contributed by atoms with Crippen molar-refractivity contribution in [3.05, 3.63) is 29.3 Å². The van der Waals surface area contributed by atoms with E-state index in [1.807, 2.05) is 19.1 Å². The van der Waals surface area contributed by atoms with Crippen LogP contribution >= 0.6 is 11.6 Å². The number of fused-ring (bicyclic) bond motifs is 1. The second kappa shape index (κ2) is 9.96. The quantitative estimate of drug-likeness (QED) is 0.537. The maximum atomic E-state index is 13.0. The van der Waals surface area contributed by atoms with E-state index in [1.165, 1.54) is 5.56 Å². The van der Waals surface area contributed by atoms with E-state index in [-0.39, 0.29) is 29.5 Å². The van der Waals surface area contributed by atoms with Crippen LogP contribution in [0.1, 0.15) is 30.4 Å². The Kier molecular flexibility index (Phi) is 7.36. The molecule has 29 heavy (non-hydrogen) atoms. The Hall–Kier alpha value is -2.28. The molecule has 1 fully saturated rings. The van der Waals surface area contributed by atoms with Crippen LogP contribution in [0.5, 0.6) is 5.75 Å². The van der Waals surface area contributed by atoms with Gasteiger partial charge in [-0.15, -0.1) is 11.6 Å². The second-order valence-electron chi connectivity index (χ2n) is 7.65. The summed E-state index contributed by atoms with van der Waals surface area (Å²) in [4.78, 5) is 38.3. The first-order chi connectivity index (χ1) is 14.0. The Morgan fingerprint density at radius 1 is 1.21 bits per heavy atom. The summed E-state index contributed by atoms with van der Waals surface area (Å²) in [7, 11) is 0. The van der Waals surface area contributed by atoms with Crippen molar-refractivity contribution in [2.45, 2.75) is 38.7 Å². The summed E-state index contributed by atoms with van der Waals surface area (Å²) in [5, 5.41) is 5.43. The van der Waals surface area contributed by atoms with Crippen molar-refractivity contribution in [1.29, 1.82) is 0 Å². The number of alkyl halides is 1. The molecule has 8 heteroatoms. The van der Waals surface area contributed by atoms with Crippen LogP contribution in [0.4, 0.5) is 0 Å². The van der Waals surface area contributed by atoms with Gasteiger partial charge < -0.3 is 20.3 Å². The number of hydrogen-bond donors (Lipinski definition) is 2. The van der Waals surface area contributed by atoms with Crippen LogP contribution in [-0.2, 0) is 20.8 Å². The molecule has 1 aromatic rings. The number of hydrogen-bond acceptors (Lipinski definition) is 4. The van der Waals surface area contributed by atoms with Gasteiger partial charge in [-0.25, -0.2) is 0 Å². The Labute approximate surface area is 176 Å². The molecule has 0 spiro atoms. The van der Waals surface area contributed by atoms with Crippen LogP contribution in [0.25, 0.3) is 0 Å². The van der Waals surface area contributed by atoms with Gasteiger partial charge in [0.2, 0.25) is 11.8 Å². The largest absolute Gasteiger partial charge is 0.480 e. The standard InChI is InChI=1S/C21H28ClN3O4/c1-14-4-6-17-15(11-14)5-7-18(29-17)21(28)25-10-2-3-16(13-25)20(27)24-9-8-23-19(26)12-22/h4,6,11,16,18H,2-3,5,7-10,12-13H2,1H3,(H,23,26)(H,24,27). The van der Waals surface area contributed by atoms with Gasteiger partial charge in [-0.1, -0.05) is 17.7 Å². The minimum atomic E-state index is -0.488. The number of nitrogens with zero attached hydrogens (tertiary/aromatic N) is 1. The number of halogens is 1. The molecule has 2 atom stereocenters. The second-order valence-corrected chi connectivity index (χ2v) is 7.92. The third-order valence-corrected chi connectivity index (χ3v) is 5.65. The van der Waals surface area contributed by atoms with Crippen LogP contribution in [-0.4, -0.2) is 60.8 Å². The van der Waals surface area contributed by atoms with Crippen LogP contribution in [0.2, 0.25) is 0 Å². The average Bonchev–Trinajstić information content (AvgIpc) is 2.75. The van der Waals surface area contributed by atoms with Gasteiger partial charge in [0.1, 0.15) is 11.6 Å². The number of ether oxygens (including phenoxy) is 1. The Morgan fingerprint density at radius 3 is 2.79 bits per heavy atom. The lowest BCUT2D eigenvalue weighted by molar-refractivity contribution is -0.142. The highest BCUT2D eigenvalue weighted by molar-refractivity contribution is 6.27. The summed E-state index contributed by atoms with van der Waals surface area (Å²) in [6.45, 7) is 3.77. The normalized spacial score (nSPS) is 21.0. The van der Waals surface area contributed by atoms with Crippen LogP contribution in [0.15, 0.2) is 18.2 Å². The van der Waals surface area contributed by atoms with Crippen molar-refractivity contribution in [1.82, 2.24) is 15.5 Å². The molecule has 1 aromatic carbocycles. The molecule has 0 bridgehead atoms. The minimum Gasteiger partial charge on any atom is -0.480 e. The average molecular weight is 422 g/mol. The van der Waals surface area contributed by atoms with Crippen molar-refractivity contribution >= 4 is 29.3 Å². The van der Waals surface area contributed by atoms with E-state index in [0.29, 0.717) is 32.6 Å². The molecule has 2 aliphatic heterocycles. The summed E-state index contributed by atoms with van der Waals surface area (Å²) in [6, 6.07) is 6.02. The SMILES string of the molecule is Cc1ccc2c(c1)CCC(C(=O)N1CCCC(C(=O)NCCNC(=O)CCl)C1)O2. The molecule has 7 nitrogen and oxygen atoms in total. The van der Waals surface area contributed by atoms with Crippen LogP contribution in [0.3, 0.4) is 0 Å². The van der Waals surface area contributed by atoms with Crippen LogP contribution in [0, 0.1) is 12.8 Å². The maximum Gasteiger partial charge on any atom is 0.263 e. The van der Waals surface area contributed by atoms with E-state index < -0.39 is 6.10 Å². The number of carbonyl (C=O) groups is 3. The molecule has 0 aromatic heterocycles. The van der Waals surface area contributed by atoms with Gasteiger partial charge in [0.25, 0.3) is 5.91 Å². The summed E-state index contributed by atoms with van der Waals surface area (Å²) < 4.78 is 5.97. The lowest BCUT2D eigenvalue weighted by atomic mass is 9.95. The number of amides is 3. The molecule has 0 aliphatic carbocycles. The zero-order chi connectivity index (χ0) is 20.8. The van der Waals surface area contributed by atoms with Crippen molar-refractivity contribution in [2.75, 3.05) is 32.1 Å². The highest BCUT2D eigenvalue weighted by Gasteiger charge is 2.34. The molecule has 2 N–H and O–H groups in total. The zero-order valence-electron chi connectivity index (χ0n) is 16.7. The fourth-order valence-corrected chi connectivity index (χ4v) is 3.96. The van der Waals surface area contributed by atoms with Crippen molar-refractivity contribution in [2.24, 2.45) is 5.92 Å². The van der Waals surface area contributed by atoms with Crippen molar-refractivity contribution < 1.29 is 19.1 Å². The predicted molar refractivity (Wildman–Crippen MR) is 110 cm³/mol. The molecule has 3 amide bonds. The molecule has 2 aliphatic rings. The number of piperidine rings is 1. The van der Waals surface area contributed by atoms with E-state index >= 15 is 0 Å². The molecule has 0 radical (unpaired) electrons. The fraction of sp³-hybridized carbons (Fsp3) is 0.571. The number of nitrogens with one attached hydrogen (secondary N) is 2. The monoisotopic (exact) mass is 421 g/mol. The first kappa shape index (κ1) is 21.4. The maximum absolute atomic E-state index is 13.0. The van der Waals surface area contributed by atoms with Gasteiger partial charge in [0.15, 0.2) is 6.10 Å². The van der Waals surface area contributed by atoms with E-state index in [2.05, 4.69) is 16.7 Å². The van der Waals surface area contributed by atoms with Crippen molar-refractivity contribution in [3.63, 3.8) is 0 Å². The number of likely N-dealkylation sites (tertiary alicyclic amines) is 1. The summed E-state index contributed by atoms with van der Waals surface area (Å²) >= 11 is 5.41. The zero-order valence-corrected chi connectivity index (χ0v) is 17.5. The highest BCUT2D eigenvalue weighted by Crippen LogP contribution is 2.29. The van der Waals surface area contributed by atoms with E-state index in [9.17, 15) is 14.4 Å². The fourth-order valence-electron chi connectivity index (χ4n) is 3.87. The number of carbonyl (C=O) groups excluding carboxylic acids is 3. The molecular formula is C21H28ClN3O4. The first-order valence-electron chi connectivity index (χ1n) is 10.1. The van der Waals surface area contributed by atoms with Gasteiger partial charge >= 0.3 is 0 Å². The Morgan fingerprint density at radius 2 is 2.00 bits per heavy atom. The Balaban J connectivity index is 1.50. The molecule has 1 saturated heterocycles. The molecule has 158 valence electrons. The summed E-state index contributed by atoms with van der Waals surface area (Å²) in [6.07, 6.45) is 2.52. The highest BCUT2D eigenvalue weighted by atomic mass is 35.5. The lowest BCUT2D eigenvalue weighted by Gasteiger charge is -2.35. The van der Waals surface area contributed by atoms with Gasteiger partial charge in [-0.2, -0.15) is 0 Å². The Bertz CT molecular complexity index is 770. The molecular weight excluding hydrogens is 394 g/mol. The lowest BCUT2D eigenvalue weighted by Crippen LogP contribution is -2.50. The topological polar surface area (TPSA) is 87.7 Å². The van der Waals surface area contributed by atoms with Gasteiger partial charge in [-0.3, -0.25) is 14.4 Å². The molecule has 3 rings (SSSR count). The minimum absolute atomic E-state index is 0.0388. The van der Waals surface area contributed by atoms with Gasteiger partial charge in [0.05, 0.1) is 5.92 Å². The van der Waals surface area contributed by atoms with Gasteiger partial charge in [0, 0.05) is 26.2 Å². The number of rotatable bonds is 6. The van der Waals surface area contributed by atoms with Crippen LogP contribution < -0.4 is 15.4 Å². The summed E-state index contributed by atoms with van der Waals surface area (Å²) in [5.41, 5.74) is 2.33. The molecule has 2 unspecified atom stereocenters. The van der Waals surface area contributed by atoms with E-state index in [1.54, 1.807) is 4.90 Å². The smallest absolute Gasteiger partial charge is 0.263 e. The predicted octanol–water partition coefficient (Wildman–Crippen LogP) is 1.40. The molecule has 0 saturated carbocycles. The van der Waals surface area contributed by atoms with E-state index in [0.717, 1.165) is 30.6 Å². The van der Waals surface area contributed by atoms with Gasteiger partial charge in [-0.05, 0) is 44.2 Å². The van der Waals surface area contributed by atoms with Crippen molar-refractivity contribution in [3.8, 4) is 5.75 Å².